The highest BCUT2D eigenvalue weighted by Gasteiger charge is 2.35. The van der Waals surface area contributed by atoms with Gasteiger partial charge in [-0.25, -0.2) is 0 Å². The third-order valence-electron chi connectivity index (χ3n) is 4.92. The number of ether oxygens (including phenoxy) is 1. The van der Waals surface area contributed by atoms with Gasteiger partial charge in [0.2, 0.25) is 17.6 Å². The van der Waals surface area contributed by atoms with Crippen LogP contribution in [0.2, 0.25) is 0 Å². The molecule has 0 saturated carbocycles. The molecule has 0 aliphatic carbocycles. The summed E-state index contributed by atoms with van der Waals surface area (Å²) in [5, 5.41) is 4.08. The minimum Gasteiger partial charge on any atom is -0.497 e. The van der Waals surface area contributed by atoms with Crippen LogP contribution in [0.25, 0.3) is 11.4 Å². The minimum absolute atomic E-state index is 0.0773. The second-order valence-electron chi connectivity index (χ2n) is 6.61. The van der Waals surface area contributed by atoms with Gasteiger partial charge in [-0.05, 0) is 48.4 Å². The second-order valence-corrected chi connectivity index (χ2v) is 6.61. The van der Waals surface area contributed by atoms with E-state index in [9.17, 15) is 4.79 Å². The van der Waals surface area contributed by atoms with Crippen LogP contribution in [0.3, 0.4) is 0 Å². The van der Waals surface area contributed by atoms with Crippen LogP contribution in [0.5, 0.6) is 5.75 Å². The molecule has 2 aromatic carbocycles. The number of nitrogens with zero attached hydrogens (tertiary/aromatic N) is 3. The lowest BCUT2D eigenvalue weighted by Crippen LogP contribution is -2.24. The zero-order valence-corrected chi connectivity index (χ0v) is 15.4. The molecule has 0 radical (unpaired) electrons. The summed E-state index contributed by atoms with van der Waals surface area (Å²) in [7, 11) is 1.63. The Labute approximate surface area is 157 Å². The summed E-state index contributed by atoms with van der Waals surface area (Å²) in [4.78, 5) is 18.8. The molecular formula is C21H21N3O3. The Hall–Kier alpha value is -3.15. The largest absolute Gasteiger partial charge is 0.497 e. The van der Waals surface area contributed by atoms with Gasteiger partial charge in [-0.2, -0.15) is 4.98 Å². The first-order valence-corrected chi connectivity index (χ1v) is 9.05. The van der Waals surface area contributed by atoms with Crippen molar-refractivity contribution in [1.82, 2.24) is 10.1 Å². The molecule has 27 heavy (non-hydrogen) atoms. The Bertz CT molecular complexity index is 932. The number of amides is 1. The second kappa shape index (κ2) is 7.23. The number of hydrogen-bond donors (Lipinski definition) is 0. The molecule has 138 valence electrons. The Morgan fingerprint density at radius 2 is 1.89 bits per heavy atom. The number of hydrogen-bond acceptors (Lipinski definition) is 5. The van der Waals surface area contributed by atoms with Crippen molar-refractivity contribution in [3.05, 3.63) is 60.0 Å². The highest BCUT2D eigenvalue weighted by atomic mass is 16.5. The fourth-order valence-corrected chi connectivity index (χ4v) is 3.29. The summed E-state index contributed by atoms with van der Waals surface area (Å²) in [5.74, 6) is 1.78. The van der Waals surface area contributed by atoms with E-state index < -0.39 is 0 Å². The van der Waals surface area contributed by atoms with Crippen LogP contribution in [0.4, 0.5) is 5.69 Å². The minimum atomic E-state index is -0.0946. The molecule has 1 fully saturated rings. The van der Waals surface area contributed by atoms with Crippen molar-refractivity contribution in [2.45, 2.75) is 25.7 Å². The normalized spacial score (nSPS) is 16.7. The van der Waals surface area contributed by atoms with E-state index in [-0.39, 0.29) is 11.8 Å². The first-order chi connectivity index (χ1) is 13.2. The maximum Gasteiger partial charge on any atom is 0.232 e. The Morgan fingerprint density at radius 3 is 2.56 bits per heavy atom. The van der Waals surface area contributed by atoms with Gasteiger partial charge < -0.3 is 14.2 Å². The third-order valence-corrected chi connectivity index (χ3v) is 4.92. The lowest BCUT2D eigenvalue weighted by Gasteiger charge is -2.16. The molecule has 1 amide bonds. The molecule has 0 unspecified atom stereocenters. The lowest BCUT2D eigenvalue weighted by molar-refractivity contribution is -0.117. The molecular weight excluding hydrogens is 342 g/mol. The lowest BCUT2D eigenvalue weighted by atomic mass is 10.1. The van der Waals surface area contributed by atoms with E-state index in [1.807, 2.05) is 36.4 Å². The Balaban J connectivity index is 1.51. The van der Waals surface area contributed by atoms with E-state index in [2.05, 4.69) is 29.2 Å². The monoisotopic (exact) mass is 363 g/mol. The molecule has 1 aromatic heterocycles. The number of methoxy groups -OCH3 is 1. The van der Waals surface area contributed by atoms with E-state index in [0.29, 0.717) is 24.7 Å². The maximum atomic E-state index is 12.5. The summed E-state index contributed by atoms with van der Waals surface area (Å²) in [6.07, 6.45) is 1.35. The van der Waals surface area contributed by atoms with Gasteiger partial charge in [0.25, 0.3) is 0 Å². The van der Waals surface area contributed by atoms with Gasteiger partial charge in [0.05, 0.1) is 13.0 Å². The molecule has 1 aliphatic heterocycles. The molecule has 0 N–H and O–H groups in total. The third kappa shape index (κ3) is 3.43. The van der Waals surface area contributed by atoms with Crippen LogP contribution in [0.1, 0.15) is 30.7 Å². The van der Waals surface area contributed by atoms with Crippen molar-refractivity contribution in [3.63, 3.8) is 0 Å². The molecule has 1 aliphatic rings. The number of aromatic nitrogens is 2. The SMILES string of the molecule is CCc1ccc(N2C[C@@H](c3nc(-c4ccc(OC)cc4)no3)CC2=O)cc1. The topological polar surface area (TPSA) is 68.5 Å². The zero-order valence-electron chi connectivity index (χ0n) is 15.4. The molecule has 0 spiro atoms. The van der Waals surface area contributed by atoms with Gasteiger partial charge in [-0.3, -0.25) is 4.79 Å². The van der Waals surface area contributed by atoms with Gasteiger partial charge in [-0.1, -0.05) is 24.2 Å². The summed E-state index contributed by atoms with van der Waals surface area (Å²) in [6.45, 7) is 2.66. The summed E-state index contributed by atoms with van der Waals surface area (Å²) in [6, 6.07) is 15.6. The van der Waals surface area contributed by atoms with Gasteiger partial charge in [0.15, 0.2) is 0 Å². The zero-order chi connectivity index (χ0) is 18.8. The molecule has 1 saturated heterocycles. The van der Waals surface area contributed by atoms with Gasteiger partial charge >= 0.3 is 0 Å². The maximum absolute atomic E-state index is 12.5. The van der Waals surface area contributed by atoms with Crippen molar-refractivity contribution >= 4 is 11.6 Å². The number of anilines is 1. The number of aryl methyl sites for hydroxylation is 1. The summed E-state index contributed by atoms with van der Waals surface area (Å²) >= 11 is 0. The van der Waals surface area contributed by atoms with Crippen LogP contribution in [0.15, 0.2) is 53.1 Å². The van der Waals surface area contributed by atoms with E-state index in [0.717, 1.165) is 23.4 Å². The summed E-state index contributed by atoms with van der Waals surface area (Å²) < 4.78 is 10.6. The summed E-state index contributed by atoms with van der Waals surface area (Å²) in [5.41, 5.74) is 3.01. The molecule has 4 rings (SSSR count). The first-order valence-electron chi connectivity index (χ1n) is 9.05. The number of benzene rings is 2. The quantitative estimate of drug-likeness (QED) is 0.689. The first kappa shape index (κ1) is 17.3. The average Bonchev–Trinajstić information content (AvgIpc) is 3.35. The molecule has 6 heteroatoms. The Kier molecular flexibility index (Phi) is 4.62. The van der Waals surface area contributed by atoms with Crippen LogP contribution >= 0.6 is 0 Å². The highest BCUT2D eigenvalue weighted by Crippen LogP contribution is 2.32. The van der Waals surface area contributed by atoms with Crippen molar-refractivity contribution < 1.29 is 14.1 Å². The molecule has 0 bridgehead atoms. The van der Waals surface area contributed by atoms with E-state index >= 15 is 0 Å². The number of carbonyl (C=O) groups is 1. The van der Waals surface area contributed by atoms with Crippen LogP contribution in [0, 0.1) is 0 Å². The van der Waals surface area contributed by atoms with Crippen molar-refractivity contribution in [2.75, 3.05) is 18.6 Å². The fourth-order valence-electron chi connectivity index (χ4n) is 3.29. The molecule has 3 aromatic rings. The predicted molar refractivity (Wildman–Crippen MR) is 102 cm³/mol. The van der Waals surface area contributed by atoms with Crippen LogP contribution in [-0.4, -0.2) is 29.7 Å². The fraction of sp³-hybridized carbons (Fsp3) is 0.286. The number of carbonyl (C=O) groups excluding carboxylic acids is 1. The molecule has 1 atom stereocenters. The van der Waals surface area contributed by atoms with E-state index in [1.54, 1.807) is 12.0 Å². The van der Waals surface area contributed by atoms with Crippen molar-refractivity contribution in [1.29, 1.82) is 0 Å². The van der Waals surface area contributed by atoms with E-state index in [4.69, 9.17) is 9.26 Å². The van der Waals surface area contributed by atoms with E-state index in [1.165, 1.54) is 5.56 Å². The van der Waals surface area contributed by atoms with Gasteiger partial charge in [-0.15, -0.1) is 0 Å². The van der Waals surface area contributed by atoms with Gasteiger partial charge in [0, 0.05) is 24.2 Å². The van der Waals surface area contributed by atoms with Crippen LogP contribution in [-0.2, 0) is 11.2 Å². The Morgan fingerprint density at radius 1 is 1.15 bits per heavy atom. The smallest absolute Gasteiger partial charge is 0.232 e. The highest BCUT2D eigenvalue weighted by molar-refractivity contribution is 5.96. The van der Waals surface area contributed by atoms with Crippen LogP contribution < -0.4 is 9.64 Å². The molecule has 2 heterocycles. The molecule has 6 nitrogen and oxygen atoms in total. The van der Waals surface area contributed by atoms with Gasteiger partial charge in [0.1, 0.15) is 5.75 Å². The average molecular weight is 363 g/mol. The predicted octanol–water partition coefficient (Wildman–Crippen LogP) is 3.83. The van der Waals surface area contributed by atoms with Crippen molar-refractivity contribution in [2.24, 2.45) is 0 Å². The standard InChI is InChI=1S/C21H21N3O3/c1-3-14-4-8-17(9-5-14)24-13-16(12-19(24)25)21-22-20(23-27-21)15-6-10-18(26-2)11-7-15/h4-11,16H,3,12-13H2,1-2H3/t16-/m0/s1. The van der Waals surface area contributed by atoms with Crippen molar-refractivity contribution in [3.8, 4) is 17.1 Å². The number of rotatable bonds is 5.